The number of nitrogens with one attached hydrogen (secondary N) is 1. The van der Waals surface area contributed by atoms with Gasteiger partial charge in [0.15, 0.2) is 11.6 Å². The zero-order valence-corrected chi connectivity index (χ0v) is 11.2. The molecule has 0 saturated carbocycles. The molecule has 0 atom stereocenters. The third-order valence-electron chi connectivity index (χ3n) is 2.45. The summed E-state index contributed by atoms with van der Waals surface area (Å²) in [5.74, 6) is -0.0350. The minimum atomic E-state index is -0.338. The van der Waals surface area contributed by atoms with E-state index in [1.807, 2.05) is 25.4 Å². The number of benzene rings is 1. The highest BCUT2D eigenvalue weighted by Gasteiger charge is 2.10. The Morgan fingerprint density at radius 2 is 2.28 bits per heavy atom. The molecule has 0 aliphatic carbocycles. The van der Waals surface area contributed by atoms with Crippen LogP contribution >= 0.6 is 11.3 Å². The monoisotopic (exact) mass is 266 g/mol. The normalized spacial score (nSPS) is 10.6. The van der Waals surface area contributed by atoms with Gasteiger partial charge in [0.05, 0.1) is 10.7 Å². The first-order valence-electron chi connectivity index (χ1n) is 5.66. The van der Waals surface area contributed by atoms with Gasteiger partial charge in [0.1, 0.15) is 6.61 Å². The molecule has 3 nitrogen and oxygen atoms in total. The van der Waals surface area contributed by atoms with Crippen molar-refractivity contribution >= 4 is 11.3 Å². The number of hydrogen-bond donors (Lipinski definition) is 1. The van der Waals surface area contributed by atoms with E-state index in [2.05, 4.69) is 10.3 Å². The van der Waals surface area contributed by atoms with E-state index in [9.17, 15) is 4.39 Å². The number of aromatic nitrogens is 1. The lowest BCUT2D eigenvalue weighted by atomic mass is 10.2. The highest BCUT2D eigenvalue weighted by molar-refractivity contribution is 7.09. The van der Waals surface area contributed by atoms with Gasteiger partial charge in [-0.3, -0.25) is 0 Å². The molecular weight excluding hydrogens is 251 g/mol. The van der Waals surface area contributed by atoms with Gasteiger partial charge in [-0.1, -0.05) is 12.1 Å². The molecule has 96 valence electrons. The molecule has 2 aromatic rings. The van der Waals surface area contributed by atoms with Crippen molar-refractivity contribution < 1.29 is 9.13 Å². The minimum absolute atomic E-state index is 0.294. The molecule has 0 bridgehead atoms. The maximum Gasteiger partial charge on any atom is 0.165 e. The van der Waals surface area contributed by atoms with E-state index < -0.39 is 0 Å². The van der Waals surface area contributed by atoms with Crippen molar-refractivity contribution in [3.05, 3.63) is 45.7 Å². The molecule has 2 rings (SSSR count). The van der Waals surface area contributed by atoms with Gasteiger partial charge in [0.2, 0.25) is 0 Å². The summed E-state index contributed by atoms with van der Waals surface area (Å²) in [6, 6.07) is 4.93. The molecule has 0 unspecified atom stereocenters. The first-order valence-corrected chi connectivity index (χ1v) is 6.54. The lowest BCUT2D eigenvalue weighted by Crippen LogP contribution is -2.08. The molecule has 0 fully saturated rings. The van der Waals surface area contributed by atoms with Crippen LogP contribution in [0.15, 0.2) is 23.6 Å². The summed E-state index contributed by atoms with van der Waals surface area (Å²) in [5, 5.41) is 5.90. The van der Waals surface area contributed by atoms with E-state index in [0.29, 0.717) is 18.9 Å². The molecule has 0 radical (unpaired) electrons. The van der Waals surface area contributed by atoms with Gasteiger partial charge < -0.3 is 10.1 Å². The van der Waals surface area contributed by atoms with E-state index in [-0.39, 0.29) is 5.82 Å². The van der Waals surface area contributed by atoms with Crippen molar-refractivity contribution in [1.29, 1.82) is 0 Å². The topological polar surface area (TPSA) is 34.1 Å². The van der Waals surface area contributed by atoms with Crippen LogP contribution in [0.1, 0.15) is 16.3 Å². The predicted molar refractivity (Wildman–Crippen MR) is 70.3 cm³/mol. The summed E-state index contributed by atoms with van der Waals surface area (Å²) in [7, 11) is 1.82. The van der Waals surface area contributed by atoms with Crippen molar-refractivity contribution in [3.8, 4) is 5.75 Å². The number of halogens is 1. The molecule has 1 heterocycles. The molecule has 1 N–H and O–H groups in total. The second-order valence-electron chi connectivity index (χ2n) is 3.90. The van der Waals surface area contributed by atoms with Crippen LogP contribution in [0.4, 0.5) is 4.39 Å². The average molecular weight is 266 g/mol. The number of thiazole rings is 1. The number of ether oxygens (including phenoxy) is 1. The summed E-state index contributed by atoms with van der Waals surface area (Å²) in [4.78, 5) is 4.29. The van der Waals surface area contributed by atoms with Crippen LogP contribution in [0, 0.1) is 12.7 Å². The first kappa shape index (κ1) is 13.0. The number of rotatable bonds is 5. The van der Waals surface area contributed by atoms with Crippen LogP contribution in [0.5, 0.6) is 5.75 Å². The Hall–Kier alpha value is -1.46. The van der Waals surface area contributed by atoms with Crippen LogP contribution in [0.3, 0.4) is 0 Å². The number of hydrogen-bond acceptors (Lipinski definition) is 4. The molecule has 1 aromatic heterocycles. The molecular formula is C13H15FN2OS. The molecule has 5 heteroatoms. The summed E-state index contributed by atoms with van der Waals surface area (Å²) >= 11 is 1.56. The molecule has 1 aromatic carbocycles. The fraction of sp³-hybridized carbons (Fsp3) is 0.308. The SMILES string of the molecule is CNCc1cccc(F)c1OCc1csc(C)n1. The Kier molecular flexibility index (Phi) is 4.28. The number of nitrogens with zero attached hydrogens (tertiary/aromatic N) is 1. The Labute approximate surface area is 110 Å². The Morgan fingerprint density at radius 3 is 2.94 bits per heavy atom. The maximum absolute atomic E-state index is 13.7. The van der Waals surface area contributed by atoms with Gasteiger partial charge in [-0.25, -0.2) is 9.37 Å². The van der Waals surface area contributed by atoms with Gasteiger partial charge in [0, 0.05) is 17.5 Å². The Morgan fingerprint density at radius 1 is 1.44 bits per heavy atom. The standard InChI is InChI=1S/C13H15FN2OS/c1-9-16-11(8-18-9)7-17-13-10(6-15-2)4-3-5-12(13)14/h3-5,8,15H,6-7H2,1-2H3. The third-order valence-corrected chi connectivity index (χ3v) is 3.27. The number of para-hydroxylation sites is 1. The van der Waals surface area contributed by atoms with Gasteiger partial charge >= 0.3 is 0 Å². The fourth-order valence-electron chi connectivity index (χ4n) is 1.67. The minimum Gasteiger partial charge on any atom is -0.484 e. The number of aryl methyl sites for hydroxylation is 1. The summed E-state index contributed by atoms with van der Waals surface area (Å²) < 4.78 is 19.3. The summed E-state index contributed by atoms with van der Waals surface area (Å²) in [5.41, 5.74) is 1.64. The van der Waals surface area contributed by atoms with Crippen LogP contribution in [0.25, 0.3) is 0 Å². The highest BCUT2D eigenvalue weighted by Crippen LogP contribution is 2.23. The predicted octanol–water partition coefficient (Wildman–Crippen LogP) is 2.89. The van der Waals surface area contributed by atoms with Crippen molar-refractivity contribution in [3.63, 3.8) is 0 Å². The van der Waals surface area contributed by atoms with Crippen LogP contribution in [-0.4, -0.2) is 12.0 Å². The lowest BCUT2D eigenvalue weighted by Gasteiger charge is -2.11. The largest absolute Gasteiger partial charge is 0.484 e. The summed E-state index contributed by atoms with van der Waals surface area (Å²) in [6.45, 7) is 2.80. The molecule has 0 saturated heterocycles. The van der Waals surface area contributed by atoms with Gasteiger partial charge in [0.25, 0.3) is 0 Å². The van der Waals surface area contributed by atoms with Gasteiger partial charge in [-0.15, -0.1) is 11.3 Å². The molecule has 0 amide bonds. The van der Waals surface area contributed by atoms with Crippen molar-refractivity contribution in [2.45, 2.75) is 20.1 Å². The second-order valence-corrected chi connectivity index (χ2v) is 4.97. The Bertz CT molecular complexity index is 527. The molecule has 0 aliphatic heterocycles. The quantitative estimate of drug-likeness (QED) is 0.903. The average Bonchev–Trinajstić information content (AvgIpc) is 2.75. The van der Waals surface area contributed by atoms with Crippen molar-refractivity contribution in [2.24, 2.45) is 0 Å². The molecule has 18 heavy (non-hydrogen) atoms. The first-order chi connectivity index (χ1) is 8.70. The van der Waals surface area contributed by atoms with Crippen LogP contribution in [-0.2, 0) is 13.2 Å². The fourth-order valence-corrected chi connectivity index (χ4v) is 2.26. The van der Waals surface area contributed by atoms with Crippen LogP contribution in [0.2, 0.25) is 0 Å². The lowest BCUT2D eigenvalue weighted by molar-refractivity contribution is 0.282. The van der Waals surface area contributed by atoms with E-state index >= 15 is 0 Å². The van der Waals surface area contributed by atoms with Crippen molar-refractivity contribution in [1.82, 2.24) is 10.3 Å². The van der Waals surface area contributed by atoms with Crippen LogP contribution < -0.4 is 10.1 Å². The van der Waals surface area contributed by atoms with E-state index in [1.165, 1.54) is 6.07 Å². The zero-order chi connectivity index (χ0) is 13.0. The molecule has 0 aliphatic rings. The van der Waals surface area contributed by atoms with Gasteiger partial charge in [-0.05, 0) is 20.0 Å². The van der Waals surface area contributed by atoms with Gasteiger partial charge in [-0.2, -0.15) is 0 Å². The van der Waals surface area contributed by atoms with E-state index in [0.717, 1.165) is 16.3 Å². The second kappa shape index (κ2) is 5.93. The Balaban J connectivity index is 2.12. The zero-order valence-electron chi connectivity index (χ0n) is 10.4. The van der Waals surface area contributed by atoms with Crippen molar-refractivity contribution in [2.75, 3.05) is 7.05 Å². The molecule has 0 spiro atoms. The van der Waals surface area contributed by atoms with E-state index in [4.69, 9.17) is 4.74 Å². The highest BCUT2D eigenvalue weighted by atomic mass is 32.1. The van der Waals surface area contributed by atoms with E-state index in [1.54, 1.807) is 17.4 Å². The third kappa shape index (κ3) is 3.05. The smallest absolute Gasteiger partial charge is 0.165 e. The summed E-state index contributed by atoms with van der Waals surface area (Å²) in [6.07, 6.45) is 0. The maximum atomic E-state index is 13.7.